The fraction of sp³-hybridized carbons (Fsp3) is 1.00. The molecule has 1 saturated carbocycles. The van der Waals surface area contributed by atoms with Crippen LogP contribution in [0.4, 0.5) is 0 Å². The molecule has 0 amide bonds. The zero-order valence-corrected chi connectivity index (χ0v) is 9.54. The third-order valence-corrected chi connectivity index (χ3v) is 3.84. The van der Waals surface area contributed by atoms with Crippen LogP contribution in [0.2, 0.25) is 0 Å². The number of hydrogen-bond donors (Lipinski definition) is 0. The van der Waals surface area contributed by atoms with E-state index in [1.165, 1.54) is 19.4 Å². The standard InChI is InChI=1S/C12H23NO/c1-10(2)12-7-11(8-12)9-13-3-5-14-6-4-13/h10-12H,3-9H2,1-2H3. The van der Waals surface area contributed by atoms with Crippen molar-refractivity contribution < 1.29 is 4.74 Å². The molecule has 0 bridgehead atoms. The van der Waals surface area contributed by atoms with Crippen LogP contribution in [0.3, 0.4) is 0 Å². The highest BCUT2D eigenvalue weighted by Crippen LogP contribution is 2.39. The molecule has 0 atom stereocenters. The Hall–Kier alpha value is -0.0800. The number of morpholine rings is 1. The van der Waals surface area contributed by atoms with Crippen molar-refractivity contribution in [3.8, 4) is 0 Å². The van der Waals surface area contributed by atoms with Gasteiger partial charge in [-0.3, -0.25) is 4.90 Å². The second-order valence-electron chi connectivity index (χ2n) is 5.25. The van der Waals surface area contributed by atoms with Crippen LogP contribution < -0.4 is 0 Å². The largest absolute Gasteiger partial charge is 0.379 e. The summed E-state index contributed by atoms with van der Waals surface area (Å²) in [6.45, 7) is 10.2. The van der Waals surface area contributed by atoms with Crippen LogP contribution in [0.5, 0.6) is 0 Å². The van der Waals surface area contributed by atoms with Gasteiger partial charge in [0, 0.05) is 19.6 Å². The molecule has 0 aromatic rings. The molecule has 2 heteroatoms. The van der Waals surface area contributed by atoms with E-state index in [1.54, 1.807) is 0 Å². The van der Waals surface area contributed by atoms with E-state index >= 15 is 0 Å². The summed E-state index contributed by atoms with van der Waals surface area (Å²) in [5.41, 5.74) is 0. The first-order chi connectivity index (χ1) is 6.75. The molecular weight excluding hydrogens is 174 g/mol. The Morgan fingerprint density at radius 1 is 1.21 bits per heavy atom. The first-order valence-electron chi connectivity index (χ1n) is 6.06. The number of ether oxygens (including phenoxy) is 1. The Balaban J connectivity index is 1.63. The number of hydrogen-bond acceptors (Lipinski definition) is 2. The minimum absolute atomic E-state index is 0.899. The van der Waals surface area contributed by atoms with Gasteiger partial charge in [-0.1, -0.05) is 13.8 Å². The van der Waals surface area contributed by atoms with Crippen molar-refractivity contribution in [3.63, 3.8) is 0 Å². The molecule has 2 fully saturated rings. The molecule has 1 aliphatic heterocycles. The monoisotopic (exact) mass is 197 g/mol. The fourth-order valence-electron chi connectivity index (χ4n) is 2.63. The lowest BCUT2D eigenvalue weighted by Crippen LogP contribution is -2.43. The highest BCUT2D eigenvalue weighted by atomic mass is 16.5. The van der Waals surface area contributed by atoms with Crippen LogP contribution in [-0.4, -0.2) is 37.7 Å². The van der Waals surface area contributed by atoms with Gasteiger partial charge in [0.1, 0.15) is 0 Å². The van der Waals surface area contributed by atoms with E-state index in [0.717, 1.165) is 44.1 Å². The third kappa shape index (κ3) is 2.48. The Labute approximate surface area is 87.6 Å². The van der Waals surface area contributed by atoms with Gasteiger partial charge in [0.25, 0.3) is 0 Å². The van der Waals surface area contributed by atoms with Gasteiger partial charge in [0.05, 0.1) is 13.2 Å². The van der Waals surface area contributed by atoms with Gasteiger partial charge in [-0.15, -0.1) is 0 Å². The topological polar surface area (TPSA) is 12.5 Å². The predicted octanol–water partition coefficient (Wildman–Crippen LogP) is 2.00. The van der Waals surface area contributed by atoms with Crippen LogP contribution in [0.15, 0.2) is 0 Å². The second-order valence-corrected chi connectivity index (χ2v) is 5.25. The van der Waals surface area contributed by atoms with E-state index in [2.05, 4.69) is 18.7 Å². The molecule has 1 aliphatic carbocycles. The van der Waals surface area contributed by atoms with Crippen molar-refractivity contribution in [2.45, 2.75) is 26.7 Å². The van der Waals surface area contributed by atoms with Crippen LogP contribution in [0, 0.1) is 17.8 Å². The molecule has 0 radical (unpaired) electrons. The maximum Gasteiger partial charge on any atom is 0.0594 e. The van der Waals surface area contributed by atoms with Crippen molar-refractivity contribution >= 4 is 0 Å². The zero-order chi connectivity index (χ0) is 9.97. The van der Waals surface area contributed by atoms with E-state index in [0.29, 0.717) is 0 Å². The molecule has 2 nitrogen and oxygen atoms in total. The summed E-state index contributed by atoms with van der Waals surface area (Å²) in [5.74, 6) is 2.90. The summed E-state index contributed by atoms with van der Waals surface area (Å²) in [4.78, 5) is 2.57. The van der Waals surface area contributed by atoms with Gasteiger partial charge in [-0.25, -0.2) is 0 Å². The van der Waals surface area contributed by atoms with E-state index in [1.807, 2.05) is 0 Å². The van der Waals surface area contributed by atoms with Crippen LogP contribution in [-0.2, 0) is 4.74 Å². The maximum absolute atomic E-state index is 5.35. The molecule has 0 spiro atoms. The van der Waals surface area contributed by atoms with Crippen molar-refractivity contribution in [1.82, 2.24) is 4.90 Å². The average Bonchev–Trinajstić information content (AvgIpc) is 2.12. The summed E-state index contributed by atoms with van der Waals surface area (Å²) >= 11 is 0. The summed E-state index contributed by atoms with van der Waals surface area (Å²) in [6, 6.07) is 0. The van der Waals surface area contributed by atoms with Crippen LogP contribution in [0.25, 0.3) is 0 Å². The van der Waals surface area contributed by atoms with Gasteiger partial charge in [-0.05, 0) is 30.6 Å². The van der Waals surface area contributed by atoms with Gasteiger partial charge in [-0.2, -0.15) is 0 Å². The van der Waals surface area contributed by atoms with Gasteiger partial charge in [0.2, 0.25) is 0 Å². The fourth-order valence-corrected chi connectivity index (χ4v) is 2.63. The van der Waals surface area contributed by atoms with Crippen molar-refractivity contribution in [2.24, 2.45) is 17.8 Å². The summed E-state index contributed by atoms with van der Waals surface area (Å²) < 4.78 is 5.35. The number of rotatable bonds is 3. The van der Waals surface area contributed by atoms with Gasteiger partial charge in [0.15, 0.2) is 0 Å². The Bertz CT molecular complexity index is 169. The minimum atomic E-state index is 0.899. The molecule has 0 aromatic heterocycles. The van der Waals surface area contributed by atoms with Crippen LogP contribution >= 0.6 is 0 Å². The Morgan fingerprint density at radius 3 is 2.43 bits per heavy atom. The van der Waals surface area contributed by atoms with Crippen molar-refractivity contribution in [3.05, 3.63) is 0 Å². The smallest absolute Gasteiger partial charge is 0.0594 e. The summed E-state index contributed by atoms with van der Waals surface area (Å²) in [7, 11) is 0. The molecule has 0 unspecified atom stereocenters. The normalized spacial score (nSPS) is 34.5. The highest BCUT2D eigenvalue weighted by Gasteiger charge is 2.32. The van der Waals surface area contributed by atoms with Gasteiger partial charge >= 0.3 is 0 Å². The molecule has 82 valence electrons. The maximum atomic E-state index is 5.35. The molecule has 2 aliphatic rings. The molecule has 0 aromatic carbocycles. The van der Waals surface area contributed by atoms with E-state index in [4.69, 9.17) is 4.74 Å². The highest BCUT2D eigenvalue weighted by molar-refractivity contribution is 4.83. The first-order valence-corrected chi connectivity index (χ1v) is 6.06. The van der Waals surface area contributed by atoms with E-state index < -0.39 is 0 Å². The lowest BCUT2D eigenvalue weighted by Gasteiger charge is -2.41. The third-order valence-electron chi connectivity index (χ3n) is 3.84. The molecular formula is C12H23NO. The van der Waals surface area contributed by atoms with Crippen molar-refractivity contribution in [2.75, 3.05) is 32.8 Å². The minimum Gasteiger partial charge on any atom is -0.379 e. The van der Waals surface area contributed by atoms with E-state index in [9.17, 15) is 0 Å². The van der Waals surface area contributed by atoms with E-state index in [-0.39, 0.29) is 0 Å². The predicted molar refractivity (Wildman–Crippen MR) is 58.3 cm³/mol. The summed E-state index contributed by atoms with van der Waals surface area (Å²) in [5, 5.41) is 0. The summed E-state index contributed by atoms with van der Waals surface area (Å²) in [6.07, 6.45) is 2.93. The average molecular weight is 197 g/mol. The SMILES string of the molecule is CC(C)C1CC(CN2CCOCC2)C1. The first kappa shape index (κ1) is 10.4. The quantitative estimate of drug-likeness (QED) is 0.686. The Morgan fingerprint density at radius 2 is 1.86 bits per heavy atom. The van der Waals surface area contributed by atoms with Gasteiger partial charge < -0.3 is 4.74 Å². The molecule has 0 N–H and O–H groups in total. The zero-order valence-electron chi connectivity index (χ0n) is 9.54. The van der Waals surface area contributed by atoms with Crippen molar-refractivity contribution in [1.29, 1.82) is 0 Å². The molecule has 14 heavy (non-hydrogen) atoms. The van der Waals surface area contributed by atoms with Crippen LogP contribution in [0.1, 0.15) is 26.7 Å². The molecule has 1 heterocycles. The second kappa shape index (κ2) is 4.63. The number of nitrogens with zero attached hydrogens (tertiary/aromatic N) is 1. The molecule has 2 rings (SSSR count). The lowest BCUT2D eigenvalue weighted by molar-refractivity contribution is 0.0121. The Kier molecular flexibility index (Phi) is 3.45. The lowest BCUT2D eigenvalue weighted by atomic mass is 9.69. The molecule has 1 saturated heterocycles.